The molecule has 1 aromatic heterocycles. The molecular formula is C22H21NO6. The fourth-order valence-electron chi connectivity index (χ4n) is 3.92. The molecule has 150 valence electrons. The predicted octanol–water partition coefficient (Wildman–Crippen LogP) is 3.01. The van der Waals surface area contributed by atoms with Gasteiger partial charge in [-0.1, -0.05) is 12.1 Å². The zero-order chi connectivity index (χ0) is 20.7. The lowest BCUT2D eigenvalue weighted by Crippen LogP contribution is -2.31. The number of carbonyl (C=O) groups is 1. The van der Waals surface area contributed by atoms with Gasteiger partial charge in [-0.25, -0.2) is 0 Å². The number of hydrogen-bond acceptors (Lipinski definition) is 6. The number of aromatic nitrogens is 1. The van der Waals surface area contributed by atoms with E-state index in [2.05, 4.69) is 0 Å². The van der Waals surface area contributed by atoms with E-state index in [0.29, 0.717) is 45.0 Å². The second-order valence-electron chi connectivity index (χ2n) is 6.80. The summed E-state index contributed by atoms with van der Waals surface area (Å²) in [5.74, 6) is 0.854. The minimum absolute atomic E-state index is 0.0203. The van der Waals surface area contributed by atoms with E-state index in [1.807, 2.05) is 24.3 Å². The van der Waals surface area contributed by atoms with Gasteiger partial charge in [0.25, 0.3) is 5.56 Å². The number of rotatable bonds is 4. The summed E-state index contributed by atoms with van der Waals surface area (Å²) in [4.78, 5) is 25.8. The minimum atomic E-state index is -0.538. The Kier molecular flexibility index (Phi) is 4.66. The van der Waals surface area contributed by atoms with Gasteiger partial charge in [0.15, 0.2) is 11.5 Å². The highest BCUT2D eigenvalue weighted by Gasteiger charge is 2.35. The highest BCUT2D eigenvalue weighted by molar-refractivity contribution is 5.92. The first-order valence-electron chi connectivity index (χ1n) is 9.12. The number of methoxy groups -OCH3 is 3. The molecule has 0 N–H and O–H groups in total. The summed E-state index contributed by atoms with van der Waals surface area (Å²) in [5, 5.41) is 0.710. The van der Waals surface area contributed by atoms with Crippen LogP contribution in [0.3, 0.4) is 0 Å². The second kappa shape index (κ2) is 7.16. The van der Waals surface area contributed by atoms with Crippen LogP contribution in [0.1, 0.15) is 23.5 Å². The van der Waals surface area contributed by atoms with E-state index in [0.717, 1.165) is 0 Å². The average molecular weight is 395 g/mol. The molecule has 7 heteroatoms. The SMILES string of the molecule is COc1cc(OC)c(C2CC(=O)Oc3c2c(=O)n(C)c2ccccc32)cc1OC. The third-order valence-electron chi connectivity index (χ3n) is 5.34. The molecule has 2 heterocycles. The summed E-state index contributed by atoms with van der Waals surface area (Å²) in [5.41, 5.74) is 1.57. The van der Waals surface area contributed by atoms with Crippen LogP contribution in [0.15, 0.2) is 41.2 Å². The Hall–Kier alpha value is -3.48. The Balaban J connectivity index is 2.04. The Morgan fingerprint density at radius 2 is 1.62 bits per heavy atom. The zero-order valence-electron chi connectivity index (χ0n) is 16.6. The van der Waals surface area contributed by atoms with E-state index >= 15 is 0 Å². The summed E-state index contributed by atoms with van der Waals surface area (Å²) in [6.45, 7) is 0. The number of pyridine rings is 1. The third kappa shape index (κ3) is 2.90. The number of hydrogen-bond donors (Lipinski definition) is 0. The first kappa shape index (κ1) is 18.9. The number of esters is 1. The van der Waals surface area contributed by atoms with Crippen LogP contribution in [0.25, 0.3) is 10.9 Å². The van der Waals surface area contributed by atoms with Crippen LogP contribution in [0.4, 0.5) is 0 Å². The molecule has 1 unspecified atom stereocenters. The predicted molar refractivity (Wildman–Crippen MR) is 107 cm³/mol. The molecule has 1 aliphatic rings. The zero-order valence-corrected chi connectivity index (χ0v) is 16.6. The molecule has 1 atom stereocenters. The molecule has 3 aromatic rings. The number of aryl methyl sites for hydroxylation is 1. The standard InChI is InChI=1S/C22H21NO6/c1-23-15-8-6-5-7-12(15)21-20(22(23)25)14(10-19(24)29-21)13-9-17(27-3)18(28-4)11-16(13)26-2/h5-9,11,14H,10H2,1-4H3. The van der Waals surface area contributed by atoms with Crippen LogP contribution in [-0.2, 0) is 11.8 Å². The Bertz CT molecular complexity index is 1180. The van der Waals surface area contributed by atoms with E-state index in [9.17, 15) is 9.59 Å². The lowest BCUT2D eigenvalue weighted by molar-refractivity contribution is -0.135. The average Bonchev–Trinajstić information content (AvgIpc) is 2.75. The molecular weight excluding hydrogens is 374 g/mol. The van der Waals surface area contributed by atoms with Crippen LogP contribution in [-0.4, -0.2) is 31.9 Å². The summed E-state index contributed by atoms with van der Waals surface area (Å²) in [6.07, 6.45) is 0.0203. The van der Waals surface area contributed by atoms with Gasteiger partial charge in [0.1, 0.15) is 11.5 Å². The van der Waals surface area contributed by atoms with Crippen LogP contribution >= 0.6 is 0 Å². The van der Waals surface area contributed by atoms with Crippen LogP contribution in [0.2, 0.25) is 0 Å². The highest BCUT2D eigenvalue weighted by Crippen LogP contribution is 2.46. The normalized spacial score (nSPS) is 15.6. The second-order valence-corrected chi connectivity index (χ2v) is 6.80. The fourth-order valence-corrected chi connectivity index (χ4v) is 3.92. The molecule has 0 amide bonds. The molecule has 0 fully saturated rings. The minimum Gasteiger partial charge on any atom is -0.496 e. The van der Waals surface area contributed by atoms with E-state index in [-0.39, 0.29) is 12.0 Å². The molecule has 29 heavy (non-hydrogen) atoms. The molecule has 7 nitrogen and oxygen atoms in total. The number of benzene rings is 2. The van der Waals surface area contributed by atoms with Gasteiger partial charge in [-0.3, -0.25) is 9.59 Å². The summed E-state index contributed by atoms with van der Waals surface area (Å²) in [7, 11) is 6.31. The lowest BCUT2D eigenvalue weighted by Gasteiger charge is -2.27. The van der Waals surface area contributed by atoms with Crippen molar-refractivity contribution >= 4 is 16.9 Å². The van der Waals surface area contributed by atoms with Gasteiger partial charge >= 0.3 is 5.97 Å². The Labute approximate surface area is 167 Å². The van der Waals surface area contributed by atoms with Crippen LogP contribution in [0.5, 0.6) is 23.0 Å². The van der Waals surface area contributed by atoms with Crippen molar-refractivity contribution in [1.82, 2.24) is 4.57 Å². The van der Waals surface area contributed by atoms with Gasteiger partial charge < -0.3 is 23.5 Å². The van der Waals surface area contributed by atoms with E-state index < -0.39 is 11.9 Å². The maximum atomic E-state index is 13.3. The van der Waals surface area contributed by atoms with Crippen molar-refractivity contribution in [3.05, 3.63) is 57.9 Å². The highest BCUT2D eigenvalue weighted by atomic mass is 16.5. The van der Waals surface area contributed by atoms with Gasteiger partial charge in [-0.2, -0.15) is 0 Å². The van der Waals surface area contributed by atoms with Crippen molar-refractivity contribution in [1.29, 1.82) is 0 Å². The summed E-state index contributed by atoms with van der Waals surface area (Å²) in [6, 6.07) is 10.8. The van der Waals surface area contributed by atoms with Crippen LogP contribution in [0, 0.1) is 0 Å². The molecule has 4 rings (SSSR count). The Morgan fingerprint density at radius 3 is 2.31 bits per heavy atom. The van der Waals surface area contributed by atoms with Gasteiger partial charge in [0.2, 0.25) is 0 Å². The van der Waals surface area contributed by atoms with Gasteiger partial charge in [0, 0.05) is 30.0 Å². The maximum absolute atomic E-state index is 13.3. The van der Waals surface area contributed by atoms with Crippen molar-refractivity contribution in [2.75, 3.05) is 21.3 Å². The molecule has 1 aliphatic heterocycles. The van der Waals surface area contributed by atoms with Crippen molar-refractivity contribution in [2.45, 2.75) is 12.3 Å². The summed E-state index contributed by atoms with van der Waals surface area (Å²) >= 11 is 0. The van der Waals surface area contributed by atoms with Crippen LogP contribution < -0.4 is 24.5 Å². The van der Waals surface area contributed by atoms with Crippen molar-refractivity contribution in [3.8, 4) is 23.0 Å². The first-order valence-corrected chi connectivity index (χ1v) is 9.12. The molecule has 0 aliphatic carbocycles. The van der Waals surface area contributed by atoms with Crippen molar-refractivity contribution in [2.24, 2.45) is 7.05 Å². The third-order valence-corrected chi connectivity index (χ3v) is 5.34. The summed E-state index contributed by atoms with van der Waals surface area (Å²) < 4.78 is 23.5. The molecule has 0 bridgehead atoms. The van der Waals surface area contributed by atoms with Crippen molar-refractivity contribution < 1.29 is 23.7 Å². The van der Waals surface area contributed by atoms with Gasteiger partial charge in [-0.05, 0) is 18.2 Å². The smallest absolute Gasteiger partial charge is 0.312 e. The number of carbonyl (C=O) groups excluding carboxylic acids is 1. The van der Waals surface area contributed by atoms with Gasteiger partial charge in [0.05, 0.1) is 38.8 Å². The molecule has 0 radical (unpaired) electrons. The quantitative estimate of drug-likeness (QED) is 0.632. The van der Waals surface area contributed by atoms with Crippen molar-refractivity contribution in [3.63, 3.8) is 0 Å². The first-order chi connectivity index (χ1) is 14.0. The molecule has 0 spiro atoms. The molecule has 0 saturated carbocycles. The number of nitrogens with zero attached hydrogens (tertiary/aromatic N) is 1. The maximum Gasteiger partial charge on any atom is 0.312 e. The number of fused-ring (bicyclic) bond motifs is 3. The largest absolute Gasteiger partial charge is 0.496 e. The van der Waals surface area contributed by atoms with E-state index in [4.69, 9.17) is 18.9 Å². The number of para-hydroxylation sites is 1. The lowest BCUT2D eigenvalue weighted by atomic mass is 9.85. The van der Waals surface area contributed by atoms with E-state index in [1.54, 1.807) is 23.7 Å². The fraction of sp³-hybridized carbons (Fsp3) is 0.273. The topological polar surface area (TPSA) is 76.0 Å². The molecule has 0 saturated heterocycles. The monoisotopic (exact) mass is 395 g/mol. The number of ether oxygens (including phenoxy) is 4. The van der Waals surface area contributed by atoms with E-state index in [1.165, 1.54) is 21.3 Å². The molecule has 2 aromatic carbocycles. The van der Waals surface area contributed by atoms with Gasteiger partial charge in [-0.15, -0.1) is 0 Å². The Morgan fingerprint density at radius 1 is 0.966 bits per heavy atom.